The van der Waals surface area contributed by atoms with Gasteiger partial charge in [0.1, 0.15) is 23.5 Å². The number of alkyl carbamates (subject to hydrolysis) is 1. The van der Waals surface area contributed by atoms with Crippen molar-refractivity contribution in [3.63, 3.8) is 0 Å². The number of benzene rings is 1. The Hall–Kier alpha value is -2.94. The van der Waals surface area contributed by atoms with E-state index in [2.05, 4.69) is 10.3 Å². The Morgan fingerprint density at radius 3 is 2.40 bits per heavy atom. The van der Waals surface area contributed by atoms with E-state index in [1.165, 1.54) is 23.3 Å². The predicted octanol–water partition coefficient (Wildman–Crippen LogP) is 3.17. The van der Waals surface area contributed by atoms with Crippen LogP contribution in [0.1, 0.15) is 33.3 Å². The van der Waals surface area contributed by atoms with Gasteiger partial charge in [-0.05, 0) is 33.3 Å². The smallest absolute Gasteiger partial charge is 0.408 e. The molecule has 162 valence electrons. The van der Waals surface area contributed by atoms with Crippen LogP contribution in [-0.2, 0) is 25.5 Å². The van der Waals surface area contributed by atoms with Gasteiger partial charge in [-0.1, -0.05) is 30.3 Å². The van der Waals surface area contributed by atoms with Gasteiger partial charge < -0.3 is 14.8 Å². The monoisotopic (exact) mass is 433 g/mol. The van der Waals surface area contributed by atoms with Crippen LogP contribution < -0.4 is 10.2 Å². The molecular weight excluding hydrogens is 406 g/mol. The molecule has 2 aromatic rings. The van der Waals surface area contributed by atoms with E-state index < -0.39 is 35.7 Å². The molecule has 0 radical (unpaired) electrons. The van der Waals surface area contributed by atoms with Gasteiger partial charge >= 0.3 is 12.1 Å². The SMILES string of the molecule is COC(=O)[C@H](C)N(C(=O)[C@H](Cc1ccccc1)NC(=O)OC(C)(C)C)c1cscn1. The lowest BCUT2D eigenvalue weighted by Gasteiger charge is -2.30. The molecule has 9 heteroatoms. The molecule has 30 heavy (non-hydrogen) atoms. The Bertz CT molecular complexity index is 849. The van der Waals surface area contributed by atoms with Crippen LogP contribution in [0.2, 0.25) is 0 Å². The van der Waals surface area contributed by atoms with Crippen molar-refractivity contribution in [3.05, 3.63) is 46.8 Å². The molecule has 1 N–H and O–H groups in total. The lowest BCUT2D eigenvalue weighted by atomic mass is 10.0. The van der Waals surface area contributed by atoms with E-state index in [9.17, 15) is 14.4 Å². The molecule has 0 unspecified atom stereocenters. The van der Waals surface area contributed by atoms with Gasteiger partial charge in [-0.15, -0.1) is 11.3 Å². The van der Waals surface area contributed by atoms with Crippen molar-refractivity contribution in [2.45, 2.75) is 51.8 Å². The predicted molar refractivity (Wildman–Crippen MR) is 114 cm³/mol. The van der Waals surface area contributed by atoms with E-state index in [1.807, 2.05) is 30.3 Å². The number of methoxy groups -OCH3 is 1. The Morgan fingerprint density at radius 1 is 1.20 bits per heavy atom. The average molecular weight is 434 g/mol. The maximum absolute atomic E-state index is 13.5. The molecule has 2 atom stereocenters. The summed E-state index contributed by atoms with van der Waals surface area (Å²) >= 11 is 1.29. The van der Waals surface area contributed by atoms with Crippen LogP contribution in [0, 0.1) is 0 Å². The molecule has 2 rings (SSSR count). The van der Waals surface area contributed by atoms with Gasteiger partial charge in [0.2, 0.25) is 0 Å². The highest BCUT2D eigenvalue weighted by Gasteiger charge is 2.35. The molecule has 8 nitrogen and oxygen atoms in total. The molecule has 0 fully saturated rings. The van der Waals surface area contributed by atoms with Gasteiger partial charge in [0.25, 0.3) is 5.91 Å². The summed E-state index contributed by atoms with van der Waals surface area (Å²) in [5.74, 6) is -0.771. The van der Waals surface area contributed by atoms with Crippen molar-refractivity contribution in [1.29, 1.82) is 0 Å². The molecular formula is C21H27N3O5S. The second kappa shape index (κ2) is 10.2. The fourth-order valence-electron chi connectivity index (χ4n) is 2.77. The number of hydrogen-bond acceptors (Lipinski definition) is 7. The standard InChI is InChI=1S/C21H27N3O5S/c1-14(19(26)28-5)24(17-12-30-13-22-17)18(25)16(11-15-9-7-6-8-10-15)23-20(27)29-21(2,3)4/h6-10,12-14,16H,11H2,1-5H3,(H,23,27)/t14-,16-/m0/s1. The van der Waals surface area contributed by atoms with Crippen LogP contribution in [0.3, 0.4) is 0 Å². The Morgan fingerprint density at radius 2 is 1.87 bits per heavy atom. The second-order valence-corrected chi connectivity index (χ2v) is 8.36. The van der Waals surface area contributed by atoms with Gasteiger partial charge in [-0.25, -0.2) is 14.6 Å². The lowest BCUT2D eigenvalue weighted by Crippen LogP contribution is -2.55. The van der Waals surface area contributed by atoms with Crippen LogP contribution in [0.4, 0.5) is 10.6 Å². The quantitative estimate of drug-likeness (QED) is 0.674. The average Bonchev–Trinajstić information content (AvgIpc) is 3.20. The number of aromatic nitrogens is 1. The zero-order chi connectivity index (χ0) is 22.3. The van der Waals surface area contributed by atoms with Crippen molar-refractivity contribution < 1.29 is 23.9 Å². The number of nitrogens with zero attached hydrogens (tertiary/aromatic N) is 2. The van der Waals surface area contributed by atoms with Crippen molar-refractivity contribution in [2.24, 2.45) is 0 Å². The topological polar surface area (TPSA) is 97.8 Å². The van der Waals surface area contributed by atoms with Gasteiger partial charge in [-0.3, -0.25) is 9.69 Å². The molecule has 0 saturated heterocycles. The fraction of sp³-hybridized carbons (Fsp3) is 0.429. The van der Waals surface area contributed by atoms with E-state index in [4.69, 9.17) is 9.47 Å². The summed E-state index contributed by atoms with van der Waals surface area (Å²) in [7, 11) is 1.25. The number of amides is 2. The zero-order valence-corrected chi connectivity index (χ0v) is 18.6. The van der Waals surface area contributed by atoms with Crippen molar-refractivity contribution >= 4 is 35.1 Å². The largest absolute Gasteiger partial charge is 0.467 e. The third-order valence-electron chi connectivity index (χ3n) is 4.10. The van der Waals surface area contributed by atoms with Crippen molar-refractivity contribution in [1.82, 2.24) is 10.3 Å². The Kier molecular flexibility index (Phi) is 7.93. The number of hydrogen-bond donors (Lipinski definition) is 1. The number of anilines is 1. The van der Waals surface area contributed by atoms with Crippen LogP contribution in [0.15, 0.2) is 41.2 Å². The van der Waals surface area contributed by atoms with E-state index in [1.54, 1.807) is 38.6 Å². The van der Waals surface area contributed by atoms with E-state index in [0.29, 0.717) is 5.82 Å². The summed E-state index contributed by atoms with van der Waals surface area (Å²) in [4.78, 5) is 43.6. The van der Waals surface area contributed by atoms with E-state index in [-0.39, 0.29) is 6.42 Å². The Balaban J connectivity index is 2.36. The highest BCUT2D eigenvalue weighted by molar-refractivity contribution is 7.07. The molecule has 0 aliphatic heterocycles. The first-order valence-electron chi connectivity index (χ1n) is 9.45. The minimum atomic E-state index is -0.976. The van der Waals surface area contributed by atoms with Crippen LogP contribution in [0.5, 0.6) is 0 Å². The first-order chi connectivity index (χ1) is 14.1. The molecule has 2 amide bonds. The van der Waals surface area contributed by atoms with Crippen molar-refractivity contribution in [3.8, 4) is 0 Å². The third-order valence-corrected chi connectivity index (χ3v) is 4.68. The molecule has 0 saturated carbocycles. The molecule has 0 aliphatic carbocycles. The second-order valence-electron chi connectivity index (χ2n) is 7.64. The number of carbonyl (C=O) groups is 3. The number of nitrogens with one attached hydrogen (secondary N) is 1. The summed E-state index contributed by atoms with van der Waals surface area (Å²) < 4.78 is 10.1. The lowest BCUT2D eigenvalue weighted by molar-refractivity contribution is -0.143. The van der Waals surface area contributed by atoms with Crippen LogP contribution >= 0.6 is 11.3 Å². The third kappa shape index (κ3) is 6.55. The van der Waals surface area contributed by atoms with Gasteiger partial charge in [-0.2, -0.15) is 0 Å². The van der Waals surface area contributed by atoms with Crippen LogP contribution in [-0.4, -0.2) is 47.7 Å². The molecule has 0 aliphatic rings. The fourth-order valence-corrected chi connectivity index (χ4v) is 3.30. The Labute approximate surface area is 180 Å². The van der Waals surface area contributed by atoms with Gasteiger partial charge in [0, 0.05) is 11.8 Å². The molecule has 1 aromatic carbocycles. The number of rotatable bonds is 7. The number of ether oxygens (including phenoxy) is 2. The van der Waals surface area contributed by atoms with E-state index in [0.717, 1.165) is 5.56 Å². The summed E-state index contributed by atoms with van der Waals surface area (Å²) in [6, 6.07) is 7.36. The number of thiazole rings is 1. The van der Waals surface area contributed by atoms with Gasteiger partial charge in [0.15, 0.2) is 0 Å². The first-order valence-corrected chi connectivity index (χ1v) is 10.4. The van der Waals surface area contributed by atoms with Crippen molar-refractivity contribution in [2.75, 3.05) is 12.0 Å². The zero-order valence-electron chi connectivity index (χ0n) is 17.7. The number of esters is 1. The summed E-state index contributed by atoms with van der Waals surface area (Å²) in [6.07, 6.45) is -0.506. The highest BCUT2D eigenvalue weighted by Crippen LogP contribution is 2.20. The molecule has 1 heterocycles. The first kappa shape index (κ1) is 23.3. The maximum Gasteiger partial charge on any atom is 0.408 e. The normalized spacial score (nSPS) is 13.1. The molecule has 1 aromatic heterocycles. The molecule has 0 spiro atoms. The maximum atomic E-state index is 13.5. The summed E-state index contributed by atoms with van der Waals surface area (Å²) in [6.45, 7) is 6.76. The highest BCUT2D eigenvalue weighted by atomic mass is 32.1. The summed E-state index contributed by atoms with van der Waals surface area (Å²) in [5, 5.41) is 4.30. The van der Waals surface area contributed by atoms with E-state index >= 15 is 0 Å². The minimum absolute atomic E-state index is 0.216. The minimum Gasteiger partial charge on any atom is -0.467 e. The van der Waals surface area contributed by atoms with Gasteiger partial charge in [0.05, 0.1) is 12.6 Å². The summed E-state index contributed by atoms with van der Waals surface area (Å²) in [5.41, 5.74) is 1.68. The number of carbonyl (C=O) groups excluding carboxylic acids is 3. The van der Waals surface area contributed by atoms with Crippen LogP contribution in [0.25, 0.3) is 0 Å². The molecule has 0 bridgehead atoms.